The number of hydrogen-bond acceptors (Lipinski definition) is 4. The van der Waals surface area contributed by atoms with Crippen LogP contribution < -0.4 is 16.4 Å². The van der Waals surface area contributed by atoms with E-state index in [0.717, 1.165) is 5.69 Å². The largest absolute Gasteiger partial charge is 0.350 e. The van der Waals surface area contributed by atoms with Crippen molar-refractivity contribution in [3.8, 4) is 0 Å². The average molecular weight is 341 g/mol. The predicted molar refractivity (Wildman–Crippen MR) is 93.8 cm³/mol. The Morgan fingerprint density at radius 2 is 1.96 bits per heavy atom. The maximum absolute atomic E-state index is 12.4. The molecule has 0 radical (unpaired) electrons. The molecule has 1 amide bonds. The molecule has 2 aromatic heterocycles. The van der Waals surface area contributed by atoms with Gasteiger partial charge < -0.3 is 5.32 Å². The Balaban J connectivity index is 1.74. The smallest absolute Gasteiger partial charge is 0.273 e. The number of hydrogen-bond donors (Lipinski definition) is 2. The lowest BCUT2D eigenvalue weighted by Crippen LogP contribution is -2.35. The molecule has 0 saturated carbocycles. The predicted octanol–water partition coefficient (Wildman–Crippen LogP) is 0.645. The third kappa shape index (κ3) is 3.10. The first-order valence-electron chi connectivity index (χ1n) is 8.05. The highest BCUT2D eigenvalue weighted by Gasteiger charge is 2.13. The van der Waals surface area contributed by atoms with Crippen molar-refractivity contribution in [3.63, 3.8) is 0 Å². The van der Waals surface area contributed by atoms with Crippen molar-refractivity contribution in [3.05, 3.63) is 62.4 Å². The summed E-state index contributed by atoms with van der Waals surface area (Å²) in [6.45, 7) is 4.85. The van der Waals surface area contributed by atoms with E-state index in [2.05, 4.69) is 15.5 Å². The van der Waals surface area contributed by atoms with Gasteiger partial charge in [0.1, 0.15) is 0 Å². The van der Waals surface area contributed by atoms with Crippen molar-refractivity contribution in [2.24, 2.45) is 0 Å². The number of aromatic nitrogens is 4. The molecule has 2 N–H and O–H groups in total. The van der Waals surface area contributed by atoms with Gasteiger partial charge in [0.25, 0.3) is 17.0 Å². The average Bonchev–Trinajstić information content (AvgIpc) is 3.00. The Labute approximate surface area is 143 Å². The topological polar surface area (TPSA) is 102 Å². The van der Waals surface area contributed by atoms with Gasteiger partial charge >= 0.3 is 0 Å². The van der Waals surface area contributed by atoms with E-state index >= 15 is 0 Å². The third-order valence-electron chi connectivity index (χ3n) is 4.15. The van der Waals surface area contributed by atoms with Gasteiger partial charge in [-0.25, -0.2) is 4.68 Å². The number of benzene rings is 1. The van der Waals surface area contributed by atoms with Crippen LogP contribution in [0, 0.1) is 6.92 Å². The molecule has 0 aliphatic carbocycles. The fourth-order valence-electron chi connectivity index (χ4n) is 2.77. The zero-order chi connectivity index (χ0) is 18.0. The minimum absolute atomic E-state index is 0.172. The highest BCUT2D eigenvalue weighted by atomic mass is 16.2. The molecular weight excluding hydrogens is 322 g/mol. The van der Waals surface area contributed by atoms with Crippen molar-refractivity contribution in [1.29, 1.82) is 0 Å². The summed E-state index contributed by atoms with van der Waals surface area (Å²) in [5, 5.41) is 10.1. The van der Waals surface area contributed by atoms with E-state index in [-0.39, 0.29) is 30.1 Å². The van der Waals surface area contributed by atoms with Crippen LogP contribution in [-0.4, -0.2) is 32.0 Å². The van der Waals surface area contributed by atoms with Gasteiger partial charge in [-0.05, 0) is 26.0 Å². The van der Waals surface area contributed by atoms with Crippen molar-refractivity contribution < 1.29 is 4.79 Å². The summed E-state index contributed by atoms with van der Waals surface area (Å²) in [5.74, 6) is -0.256. The molecule has 3 aromatic rings. The van der Waals surface area contributed by atoms with Gasteiger partial charge in [-0.2, -0.15) is 5.10 Å². The quantitative estimate of drug-likeness (QED) is 0.711. The lowest BCUT2D eigenvalue weighted by molar-refractivity contribution is 0.0951. The van der Waals surface area contributed by atoms with E-state index in [0.29, 0.717) is 22.9 Å². The molecule has 0 spiro atoms. The highest BCUT2D eigenvalue weighted by molar-refractivity contribution is 5.95. The second-order valence-corrected chi connectivity index (χ2v) is 5.66. The monoisotopic (exact) mass is 341 g/mol. The number of H-pyrrole nitrogens is 1. The van der Waals surface area contributed by atoms with E-state index in [1.165, 1.54) is 10.9 Å². The van der Waals surface area contributed by atoms with Gasteiger partial charge in [-0.15, -0.1) is 0 Å². The minimum Gasteiger partial charge on any atom is -0.350 e. The summed E-state index contributed by atoms with van der Waals surface area (Å²) < 4.78 is 2.95. The lowest BCUT2D eigenvalue weighted by atomic mass is 10.2. The number of amides is 1. The first-order chi connectivity index (χ1) is 12.0. The van der Waals surface area contributed by atoms with Gasteiger partial charge in [0.15, 0.2) is 0 Å². The number of nitrogens with one attached hydrogen (secondary N) is 2. The van der Waals surface area contributed by atoms with Crippen molar-refractivity contribution >= 4 is 16.7 Å². The standard InChI is InChI=1S/C17H19N5O3/c1-3-21-11(2)14(10-19-21)15(23)18-8-9-22-17(25)13-7-5-4-6-12(13)16(24)20-22/h4-7,10H,3,8-9H2,1-2H3,(H,18,23)(H,20,24). The van der Waals surface area contributed by atoms with E-state index in [1.54, 1.807) is 28.9 Å². The molecule has 130 valence electrons. The first kappa shape index (κ1) is 16.7. The molecule has 8 heteroatoms. The van der Waals surface area contributed by atoms with Crippen LogP contribution in [0.5, 0.6) is 0 Å². The fraction of sp³-hybridized carbons (Fsp3) is 0.294. The minimum atomic E-state index is -0.332. The molecule has 0 unspecified atom stereocenters. The molecule has 0 aliphatic rings. The molecule has 0 atom stereocenters. The van der Waals surface area contributed by atoms with Crippen LogP contribution >= 0.6 is 0 Å². The van der Waals surface area contributed by atoms with Crippen molar-refractivity contribution in [2.45, 2.75) is 26.9 Å². The van der Waals surface area contributed by atoms with Gasteiger partial charge in [-0.1, -0.05) is 12.1 Å². The molecule has 0 fully saturated rings. The normalized spacial score (nSPS) is 11.0. The van der Waals surface area contributed by atoms with Crippen molar-refractivity contribution in [1.82, 2.24) is 24.9 Å². The Morgan fingerprint density at radius 3 is 2.64 bits per heavy atom. The van der Waals surface area contributed by atoms with Gasteiger partial charge in [-0.3, -0.25) is 24.2 Å². The number of rotatable bonds is 5. The molecular formula is C17H19N5O3. The van der Waals surface area contributed by atoms with Crippen LogP contribution in [0.3, 0.4) is 0 Å². The molecule has 3 rings (SSSR count). The summed E-state index contributed by atoms with van der Waals surface area (Å²) >= 11 is 0. The van der Waals surface area contributed by atoms with E-state index in [1.807, 2.05) is 13.8 Å². The number of carbonyl (C=O) groups is 1. The van der Waals surface area contributed by atoms with Gasteiger partial charge in [0.2, 0.25) is 0 Å². The Kier molecular flexibility index (Phi) is 4.51. The SMILES string of the molecule is CCn1ncc(C(=O)NCCn2[nH]c(=O)c3ccccc3c2=O)c1C. The van der Waals surface area contributed by atoms with Crippen LogP contribution in [0.25, 0.3) is 10.8 Å². The van der Waals surface area contributed by atoms with Crippen molar-refractivity contribution in [2.75, 3.05) is 6.54 Å². The second-order valence-electron chi connectivity index (χ2n) is 5.66. The summed E-state index contributed by atoms with van der Waals surface area (Å²) in [5.41, 5.74) is 0.665. The lowest BCUT2D eigenvalue weighted by Gasteiger charge is -2.08. The van der Waals surface area contributed by atoms with Crippen LogP contribution in [-0.2, 0) is 13.1 Å². The number of aromatic amines is 1. The Bertz CT molecular complexity index is 1040. The van der Waals surface area contributed by atoms with E-state index in [9.17, 15) is 14.4 Å². The summed E-state index contributed by atoms with van der Waals surface area (Å²) in [6, 6.07) is 6.64. The molecule has 2 heterocycles. The molecule has 1 aromatic carbocycles. The second kappa shape index (κ2) is 6.76. The van der Waals surface area contributed by atoms with Crippen LogP contribution in [0.1, 0.15) is 23.0 Å². The zero-order valence-corrected chi connectivity index (χ0v) is 14.1. The molecule has 0 bridgehead atoms. The van der Waals surface area contributed by atoms with Crippen LogP contribution in [0.2, 0.25) is 0 Å². The van der Waals surface area contributed by atoms with E-state index in [4.69, 9.17) is 0 Å². The van der Waals surface area contributed by atoms with Crippen LogP contribution in [0.4, 0.5) is 0 Å². The summed E-state index contributed by atoms with van der Waals surface area (Å²) in [7, 11) is 0. The highest BCUT2D eigenvalue weighted by Crippen LogP contribution is 2.06. The first-order valence-corrected chi connectivity index (χ1v) is 8.05. The number of carbonyl (C=O) groups excluding carboxylic acids is 1. The molecule has 8 nitrogen and oxygen atoms in total. The van der Waals surface area contributed by atoms with Gasteiger partial charge in [0.05, 0.1) is 29.1 Å². The number of fused-ring (bicyclic) bond motifs is 1. The molecule has 0 saturated heterocycles. The molecule has 0 aliphatic heterocycles. The van der Waals surface area contributed by atoms with E-state index < -0.39 is 0 Å². The van der Waals surface area contributed by atoms with Crippen LogP contribution in [0.15, 0.2) is 40.1 Å². The zero-order valence-electron chi connectivity index (χ0n) is 14.1. The molecule has 25 heavy (non-hydrogen) atoms. The maximum atomic E-state index is 12.4. The summed E-state index contributed by atoms with van der Waals surface area (Å²) in [4.78, 5) is 36.7. The fourth-order valence-corrected chi connectivity index (χ4v) is 2.77. The number of aryl methyl sites for hydroxylation is 1. The maximum Gasteiger partial charge on any atom is 0.273 e. The van der Waals surface area contributed by atoms with Gasteiger partial charge in [0, 0.05) is 18.8 Å². The summed E-state index contributed by atoms with van der Waals surface area (Å²) in [6.07, 6.45) is 1.53. The Hall–Kier alpha value is -3.16. The Morgan fingerprint density at radius 1 is 1.24 bits per heavy atom. The third-order valence-corrected chi connectivity index (χ3v) is 4.15. The number of nitrogens with zero attached hydrogens (tertiary/aromatic N) is 3.